The fourth-order valence-electron chi connectivity index (χ4n) is 6.07. The lowest BCUT2D eigenvalue weighted by Gasteiger charge is -2.34. The first kappa shape index (κ1) is 24.5. The van der Waals surface area contributed by atoms with Gasteiger partial charge in [-0.05, 0) is 121 Å². The van der Waals surface area contributed by atoms with Crippen LogP contribution in [0.25, 0.3) is 0 Å². The predicted octanol–water partition coefficient (Wildman–Crippen LogP) is 7.49. The van der Waals surface area contributed by atoms with Gasteiger partial charge < -0.3 is 9.32 Å². The van der Waals surface area contributed by atoms with Crippen molar-refractivity contribution in [3.05, 3.63) is 60.1 Å². The fraction of sp³-hybridized carbons (Fsp3) is 0.667. The Balaban J connectivity index is 1.31. The number of likely N-dealkylation sites (tertiary alicyclic amines) is 2. The summed E-state index contributed by atoms with van der Waals surface area (Å²) in [6.45, 7) is 6.43. The second kappa shape index (κ2) is 14.0. The normalized spacial score (nSPS) is 20.0. The van der Waals surface area contributed by atoms with Gasteiger partial charge in [-0.3, -0.25) is 4.90 Å². The first-order valence-electron chi connectivity index (χ1n) is 13.9. The summed E-state index contributed by atoms with van der Waals surface area (Å²) in [5.41, 5.74) is 1.49. The maximum absolute atomic E-state index is 5.93. The van der Waals surface area contributed by atoms with Crippen molar-refractivity contribution in [1.82, 2.24) is 9.80 Å². The summed E-state index contributed by atoms with van der Waals surface area (Å²) in [7, 11) is 0. The Bertz CT molecular complexity index is 732. The minimum absolute atomic E-state index is 0.471. The van der Waals surface area contributed by atoms with Gasteiger partial charge in [0.1, 0.15) is 5.76 Å². The van der Waals surface area contributed by atoms with Gasteiger partial charge in [-0.1, -0.05) is 49.6 Å². The van der Waals surface area contributed by atoms with Gasteiger partial charge in [0.15, 0.2) is 0 Å². The molecular formula is C30H46N2O. The van der Waals surface area contributed by atoms with Crippen LogP contribution in [0.5, 0.6) is 0 Å². The third-order valence-electron chi connectivity index (χ3n) is 8.01. The van der Waals surface area contributed by atoms with Crippen LogP contribution in [-0.2, 0) is 6.42 Å². The van der Waals surface area contributed by atoms with Crippen LogP contribution in [0, 0.1) is 5.92 Å². The lowest BCUT2D eigenvalue weighted by molar-refractivity contribution is 0.129. The molecule has 0 bridgehead atoms. The highest BCUT2D eigenvalue weighted by atomic mass is 16.3. The molecule has 2 aliphatic rings. The molecule has 2 unspecified atom stereocenters. The Labute approximate surface area is 202 Å². The smallest absolute Gasteiger partial charge is 0.120 e. The van der Waals surface area contributed by atoms with E-state index in [1.807, 2.05) is 6.26 Å². The van der Waals surface area contributed by atoms with Crippen molar-refractivity contribution in [2.24, 2.45) is 5.92 Å². The van der Waals surface area contributed by atoms with Crippen molar-refractivity contribution in [3.8, 4) is 0 Å². The highest BCUT2D eigenvalue weighted by molar-refractivity contribution is 5.14. The highest BCUT2D eigenvalue weighted by Crippen LogP contribution is 2.32. The molecule has 2 atom stereocenters. The van der Waals surface area contributed by atoms with Gasteiger partial charge in [0, 0.05) is 0 Å². The van der Waals surface area contributed by atoms with Crippen LogP contribution in [0.1, 0.15) is 94.4 Å². The fourth-order valence-corrected chi connectivity index (χ4v) is 6.07. The van der Waals surface area contributed by atoms with E-state index in [1.54, 1.807) is 0 Å². The first-order chi connectivity index (χ1) is 16.4. The number of aryl methyl sites for hydroxylation is 1. The van der Waals surface area contributed by atoms with E-state index in [-0.39, 0.29) is 0 Å². The van der Waals surface area contributed by atoms with Crippen LogP contribution < -0.4 is 0 Å². The first-order valence-corrected chi connectivity index (χ1v) is 13.9. The summed E-state index contributed by atoms with van der Waals surface area (Å²) in [5, 5.41) is 0. The number of nitrogens with zero attached hydrogens (tertiary/aromatic N) is 2. The van der Waals surface area contributed by atoms with Crippen LogP contribution in [0.4, 0.5) is 0 Å². The maximum atomic E-state index is 5.93. The zero-order valence-corrected chi connectivity index (χ0v) is 20.8. The molecule has 0 aliphatic carbocycles. The quantitative estimate of drug-likeness (QED) is 0.315. The van der Waals surface area contributed by atoms with E-state index in [4.69, 9.17) is 4.42 Å². The molecule has 3 heterocycles. The number of rotatable bonds is 13. The lowest BCUT2D eigenvalue weighted by atomic mass is 9.88. The molecule has 2 fully saturated rings. The molecule has 1 aromatic carbocycles. The van der Waals surface area contributed by atoms with Crippen molar-refractivity contribution in [2.45, 2.75) is 89.5 Å². The zero-order valence-electron chi connectivity index (χ0n) is 20.8. The Morgan fingerprint density at radius 1 is 0.697 bits per heavy atom. The lowest BCUT2D eigenvalue weighted by Crippen LogP contribution is -2.34. The number of furan rings is 1. The van der Waals surface area contributed by atoms with E-state index in [2.05, 4.69) is 52.3 Å². The molecule has 3 nitrogen and oxygen atoms in total. The summed E-state index contributed by atoms with van der Waals surface area (Å²) >= 11 is 0. The minimum atomic E-state index is 0.471. The average Bonchev–Trinajstić information content (AvgIpc) is 3.40. The van der Waals surface area contributed by atoms with E-state index in [1.165, 1.54) is 128 Å². The standard InChI is InChI=1S/C30H46N2O/c1-4-13-27(14-5-1)15-10-16-28(17-11-23-31-21-6-2-7-22-31)19-20-29(30-18-12-26-33-30)32-24-8-3-9-25-32/h1,4-5,12-14,18,26,28-29H,2-3,6-11,15-17,19-25H2. The van der Waals surface area contributed by atoms with Gasteiger partial charge in [0.05, 0.1) is 12.3 Å². The van der Waals surface area contributed by atoms with Gasteiger partial charge in [0.2, 0.25) is 0 Å². The molecule has 0 amide bonds. The van der Waals surface area contributed by atoms with Crippen LogP contribution in [0.3, 0.4) is 0 Å². The number of piperidine rings is 2. The van der Waals surface area contributed by atoms with E-state index < -0.39 is 0 Å². The van der Waals surface area contributed by atoms with Gasteiger partial charge in [0.25, 0.3) is 0 Å². The van der Waals surface area contributed by atoms with Crippen LogP contribution >= 0.6 is 0 Å². The SMILES string of the molecule is c1ccc(CCCC(CCCN2CCCCC2)CCC(c2ccco2)N2CCCCC2)cc1. The Kier molecular flexibility index (Phi) is 10.4. The summed E-state index contributed by atoms with van der Waals surface area (Å²) in [4.78, 5) is 5.42. The Hall–Kier alpha value is -1.58. The largest absolute Gasteiger partial charge is 0.468 e. The summed E-state index contributed by atoms with van der Waals surface area (Å²) in [5.74, 6) is 2.02. The zero-order chi connectivity index (χ0) is 22.6. The van der Waals surface area contributed by atoms with E-state index in [0.717, 1.165) is 5.92 Å². The minimum Gasteiger partial charge on any atom is -0.468 e. The van der Waals surface area contributed by atoms with Crippen molar-refractivity contribution < 1.29 is 4.42 Å². The maximum Gasteiger partial charge on any atom is 0.120 e. The van der Waals surface area contributed by atoms with Crippen LogP contribution in [0.2, 0.25) is 0 Å². The molecule has 0 saturated carbocycles. The molecule has 3 heteroatoms. The molecular weight excluding hydrogens is 404 g/mol. The number of hydrogen-bond acceptors (Lipinski definition) is 3. The van der Waals surface area contributed by atoms with Gasteiger partial charge in [-0.15, -0.1) is 0 Å². The molecule has 0 spiro atoms. The topological polar surface area (TPSA) is 19.6 Å². The van der Waals surface area contributed by atoms with Crippen molar-refractivity contribution >= 4 is 0 Å². The van der Waals surface area contributed by atoms with Crippen LogP contribution in [-0.4, -0.2) is 42.5 Å². The molecule has 1 aromatic heterocycles. The molecule has 2 aromatic rings. The molecule has 2 saturated heterocycles. The van der Waals surface area contributed by atoms with Gasteiger partial charge in [-0.2, -0.15) is 0 Å². The average molecular weight is 451 g/mol. The summed E-state index contributed by atoms with van der Waals surface area (Å²) < 4.78 is 5.93. The van der Waals surface area contributed by atoms with E-state index in [9.17, 15) is 0 Å². The highest BCUT2D eigenvalue weighted by Gasteiger charge is 2.25. The van der Waals surface area contributed by atoms with Gasteiger partial charge >= 0.3 is 0 Å². The summed E-state index contributed by atoms with van der Waals surface area (Å²) in [6.07, 6.45) is 19.4. The second-order valence-electron chi connectivity index (χ2n) is 10.5. The molecule has 4 rings (SSSR count). The van der Waals surface area contributed by atoms with E-state index >= 15 is 0 Å². The molecule has 0 radical (unpaired) electrons. The van der Waals surface area contributed by atoms with Gasteiger partial charge in [-0.25, -0.2) is 0 Å². The number of hydrogen-bond donors (Lipinski definition) is 0. The predicted molar refractivity (Wildman–Crippen MR) is 139 cm³/mol. The van der Waals surface area contributed by atoms with E-state index in [0.29, 0.717) is 6.04 Å². The molecule has 2 aliphatic heterocycles. The molecule has 182 valence electrons. The van der Waals surface area contributed by atoms with Crippen molar-refractivity contribution in [3.63, 3.8) is 0 Å². The third-order valence-corrected chi connectivity index (χ3v) is 8.01. The second-order valence-corrected chi connectivity index (χ2v) is 10.5. The van der Waals surface area contributed by atoms with Crippen molar-refractivity contribution in [2.75, 3.05) is 32.7 Å². The van der Waals surface area contributed by atoms with Crippen molar-refractivity contribution in [1.29, 1.82) is 0 Å². The molecule has 33 heavy (non-hydrogen) atoms. The van der Waals surface area contributed by atoms with Crippen LogP contribution in [0.15, 0.2) is 53.1 Å². The molecule has 0 N–H and O–H groups in total. The third kappa shape index (κ3) is 8.30. The number of benzene rings is 1. The summed E-state index contributed by atoms with van der Waals surface area (Å²) in [6, 6.07) is 15.8. The Morgan fingerprint density at radius 3 is 2.15 bits per heavy atom. The monoisotopic (exact) mass is 450 g/mol. The Morgan fingerprint density at radius 2 is 1.42 bits per heavy atom.